The van der Waals surface area contributed by atoms with E-state index < -0.39 is 11.7 Å². The van der Waals surface area contributed by atoms with Gasteiger partial charge in [0.25, 0.3) is 0 Å². The maximum atomic E-state index is 12.5. The van der Waals surface area contributed by atoms with Crippen LogP contribution in [0.5, 0.6) is 0 Å². The molecule has 1 aromatic heterocycles. The highest BCUT2D eigenvalue weighted by Crippen LogP contribution is 2.29. The molecule has 0 aliphatic rings. The molecule has 0 saturated carbocycles. The van der Waals surface area contributed by atoms with Crippen LogP contribution in [0.1, 0.15) is 23.4 Å². The van der Waals surface area contributed by atoms with Crippen molar-refractivity contribution in [2.75, 3.05) is 6.54 Å². The largest absolute Gasteiger partial charge is 0.416 e. The summed E-state index contributed by atoms with van der Waals surface area (Å²) in [7, 11) is 0. The van der Waals surface area contributed by atoms with Crippen LogP contribution in [0.15, 0.2) is 36.7 Å². The summed E-state index contributed by atoms with van der Waals surface area (Å²) in [5.74, 6) is 0.922. The summed E-state index contributed by atoms with van der Waals surface area (Å²) in [6, 6.07) is 5.39. The van der Waals surface area contributed by atoms with Gasteiger partial charge in [0.1, 0.15) is 5.82 Å². The first kappa shape index (κ1) is 14.6. The Labute approximate surface area is 115 Å². The number of rotatable bonds is 6. The monoisotopic (exact) mass is 283 g/mol. The van der Waals surface area contributed by atoms with Gasteiger partial charge in [-0.25, -0.2) is 4.98 Å². The van der Waals surface area contributed by atoms with E-state index in [2.05, 4.69) is 15.3 Å². The summed E-state index contributed by atoms with van der Waals surface area (Å²) in [5, 5.41) is 3.13. The maximum absolute atomic E-state index is 12.5. The number of hydrogen-bond acceptors (Lipinski definition) is 2. The minimum absolute atomic E-state index is 0.433. The molecule has 108 valence electrons. The Morgan fingerprint density at radius 3 is 2.80 bits per heavy atom. The number of nitrogens with one attached hydrogen (secondary N) is 2. The molecule has 20 heavy (non-hydrogen) atoms. The molecule has 1 heterocycles. The van der Waals surface area contributed by atoms with Gasteiger partial charge in [0.2, 0.25) is 0 Å². The first-order chi connectivity index (χ1) is 9.55. The molecule has 0 spiro atoms. The highest BCUT2D eigenvalue weighted by atomic mass is 19.4. The van der Waals surface area contributed by atoms with Gasteiger partial charge in [-0.1, -0.05) is 18.2 Å². The van der Waals surface area contributed by atoms with Crippen LogP contribution in [-0.2, 0) is 19.1 Å². The number of imidazole rings is 1. The zero-order valence-corrected chi connectivity index (χ0v) is 10.9. The molecule has 0 aliphatic carbocycles. The standard InChI is InChI=1S/C14H16F3N3/c15-14(16,17)12-4-1-3-11(9-12)10-18-6-2-5-13-19-7-8-20-13/h1,3-4,7-9,18H,2,5-6,10H2,(H,19,20). The predicted molar refractivity (Wildman–Crippen MR) is 70.1 cm³/mol. The summed E-state index contributed by atoms with van der Waals surface area (Å²) < 4.78 is 37.6. The lowest BCUT2D eigenvalue weighted by molar-refractivity contribution is -0.137. The van der Waals surface area contributed by atoms with Crippen LogP contribution in [0.2, 0.25) is 0 Å². The minimum Gasteiger partial charge on any atom is -0.349 e. The Kier molecular flexibility index (Phi) is 4.79. The van der Waals surface area contributed by atoms with Gasteiger partial charge in [-0.05, 0) is 24.6 Å². The Morgan fingerprint density at radius 1 is 1.25 bits per heavy atom. The maximum Gasteiger partial charge on any atom is 0.416 e. The highest BCUT2D eigenvalue weighted by molar-refractivity contribution is 5.25. The molecule has 0 aliphatic heterocycles. The van der Waals surface area contributed by atoms with E-state index in [0.717, 1.165) is 31.3 Å². The number of halogens is 3. The first-order valence-electron chi connectivity index (χ1n) is 6.41. The van der Waals surface area contributed by atoms with Crippen LogP contribution in [0.3, 0.4) is 0 Å². The van der Waals surface area contributed by atoms with E-state index in [1.54, 1.807) is 18.5 Å². The number of benzene rings is 1. The van der Waals surface area contributed by atoms with E-state index in [0.29, 0.717) is 12.1 Å². The van der Waals surface area contributed by atoms with Crippen molar-refractivity contribution < 1.29 is 13.2 Å². The van der Waals surface area contributed by atoms with Crippen molar-refractivity contribution >= 4 is 0 Å². The zero-order valence-electron chi connectivity index (χ0n) is 10.9. The third-order valence-electron chi connectivity index (χ3n) is 2.91. The molecule has 0 saturated heterocycles. The van der Waals surface area contributed by atoms with Gasteiger partial charge in [-0.15, -0.1) is 0 Å². The Morgan fingerprint density at radius 2 is 2.10 bits per heavy atom. The molecule has 0 unspecified atom stereocenters. The Hall–Kier alpha value is -1.82. The normalized spacial score (nSPS) is 11.8. The number of aryl methyl sites for hydroxylation is 1. The van der Waals surface area contributed by atoms with Crippen molar-refractivity contribution in [3.63, 3.8) is 0 Å². The molecule has 0 bridgehead atoms. The number of H-pyrrole nitrogens is 1. The minimum atomic E-state index is -4.28. The molecule has 2 rings (SSSR count). The van der Waals surface area contributed by atoms with E-state index in [9.17, 15) is 13.2 Å². The number of nitrogens with zero attached hydrogens (tertiary/aromatic N) is 1. The predicted octanol–water partition coefficient (Wildman–Crippen LogP) is 3.15. The zero-order chi connectivity index (χ0) is 14.4. The van der Waals surface area contributed by atoms with Crippen LogP contribution in [0, 0.1) is 0 Å². The average molecular weight is 283 g/mol. The fourth-order valence-corrected chi connectivity index (χ4v) is 1.91. The topological polar surface area (TPSA) is 40.7 Å². The summed E-state index contributed by atoms with van der Waals surface area (Å²) in [6.45, 7) is 1.17. The van der Waals surface area contributed by atoms with Gasteiger partial charge in [0, 0.05) is 25.4 Å². The second-order valence-electron chi connectivity index (χ2n) is 4.51. The Balaban J connectivity index is 1.74. The van der Waals surface area contributed by atoms with E-state index in [-0.39, 0.29) is 0 Å². The lowest BCUT2D eigenvalue weighted by atomic mass is 10.1. The number of hydrogen-bond donors (Lipinski definition) is 2. The van der Waals surface area contributed by atoms with Crippen LogP contribution in [-0.4, -0.2) is 16.5 Å². The second-order valence-corrected chi connectivity index (χ2v) is 4.51. The molecule has 0 fully saturated rings. The third-order valence-corrected chi connectivity index (χ3v) is 2.91. The first-order valence-corrected chi connectivity index (χ1v) is 6.41. The fourth-order valence-electron chi connectivity index (χ4n) is 1.91. The van der Waals surface area contributed by atoms with Crippen molar-refractivity contribution in [2.45, 2.75) is 25.6 Å². The molecule has 0 atom stereocenters. The quantitative estimate of drug-likeness (QED) is 0.800. The lowest BCUT2D eigenvalue weighted by Crippen LogP contribution is -2.16. The molecular weight excluding hydrogens is 267 g/mol. The van der Waals surface area contributed by atoms with Crippen molar-refractivity contribution in [3.05, 3.63) is 53.6 Å². The van der Waals surface area contributed by atoms with Crippen LogP contribution in [0.25, 0.3) is 0 Å². The van der Waals surface area contributed by atoms with E-state index in [1.165, 1.54) is 12.1 Å². The Bertz CT molecular complexity index is 521. The third kappa shape index (κ3) is 4.38. The van der Waals surface area contributed by atoms with E-state index >= 15 is 0 Å². The summed E-state index contributed by atoms with van der Waals surface area (Å²) in [4.78, 5) is 7.11. The van der Waals surface area contributed by atoms with Crippen molar-refractivity contribution in [1.82, 2.24) is 15.3 Å². The SMILES string of the molecule is FC(F)(F)c1cccc(CNCCCc2ncc[nH]2)c1. The van der Waals surface area contributed by atoms with Crippen molar-refractivity contribution in [3.8, 4) is 0 Å². The van der Waals surface area contributed by atoms with Gasteiger partial charge < -0.3 is 10.3 Å². The second kappa shape index (κ2) is 6.56. The van der Waals surface area contributed by atoms with Crippen LogP contribution < -0.4 is 5.32 Å². The lowest BCUT2D eigenvalue weighted by Gasteiger charge is -2.09. The summed E-state index contributed by atoms with van der Waals surface area (Å²) in [5.41, 5.74) is 0.0326. The fraction of sp³-hybridized carbons (Fsp3) is 0.357. The average Bonchev–Trinajstić information content (AvgIpc) is 2.91. The van der Waals surface area contributed by atoms with Crippen molar-refractivity contribution in [2.24, 2.45) is 0 Å². The van der Waals surface area contributed by atoms with Crippen molar-refractivity contribution in [1.29, 1.82) is 0 Å². The molecule has 0 amide bonds. The van der Waals surface area contributed by atoms with Gasteiger partial charge in [-0.3, -0.25) is 0 Å². The molecule has 1 aromatic carbocycles. The smallest absolute Gasteiger partial charge is 0.349 e. The number of aromatic amines is 1. The van der Waals surface area contributed by atoms with Gasteiger partial charge in [-0.2, -0.15) is 13.2 Å². The van der Waals surface area contributed by atoms with Gasteiger partial charge in [0.15, 0.2) is 0 Å². The summed E-state index contributed by atoms with van der Waals surface area (Å²) >= 11 is 0. The number of alkyl halides is 3. The molecule has 2 N–H and O–H groups in total. The van der Waals surface area contributed by atoms with Crippen LogP contribution in [0.4, 0.5) is 13.2 Å². The molecule has 6 heteroatoms. The van der Waals surface area contributed by atoms with E-state index in [4.69, 9.17) is 0 Å². The van der Waals surface area contributed by atoms with E-state index in [1.807, 2.05) is 0 Å². The molecular formula is C14H16F3N3. The summed E-state index contributed by atoms with van der Waals surface area (Å²) in [6.07, 6.45) is 0.890. The van der Waals surface area contributed by atoms with Gasteiger partial charge in [0.05, 0.1) is 5.56 Å². The molecule has 2 aromatic rings. The van der Waals surface area contributed by atoms with Gasteiger partial charge >= 0.3 is 6.18 Å². The molecule has 3 nitrogen and oxygen atoms in total. The van der Waals surface area contributed by atoms with Crippen LogP contribution >= 0.6 is 0 Å². The highest BCUT2D eigenvalue weighted by Gasteiger charge is 2.30. The number of aromatic nitrogens is 2. The molecule has 0 radical (unpaired) electrons.